The Kier molecular flexibility index (Phi) is 2.25. The molecule has 0 aliphatic heterocycles. The molecule has 0 rings (SSSR count). The SMILES string of the molecule is C=[Te](C)C. The van der Waals surface area contributed by atoms with Crippen molar-refractivity contribution in [1.29, 1.82) is 0 Å². The zero-order chi connectivity index (χ0) is 3.58. The summed E-state index contributed by atoms with van der Waals surface area (Å²) in [5.41, 5.74) is 0. The van der Waals surface area contributed by atoms with E-state index in [1.54, 1.807) is 0 Å². The van der Waals surface area contributed by atoms with Gasteiger partial charge in [-0.2, -0.15) is 0 Å². The molecule has 0 spiro atoms. The average molecular weight is 172 g/mol. The van der Waals surface area contributed by atoms with Gasteiger partial charge in [0.2, 0.25) is 0 Å². The molecule has 0 saturated heterocycles. The average Bonchev–Trinajstić information content (AvgIpc) is 0.811. The topological polar surface area (TPSA) is 0 Å². The fourth-order valence-electron chi connectivity index (χ4n) is 0. The molecule has 0 amide bonds. The van der Waals surface area contributed by atoms with E-state index in [0.29, 0.717) is 0 Å². The van der Waals surface area contributed by atoms with Gasteiger partial charge < -0.3 is 0 Å². The van der Waals surface area contributed by atoms with Crippen molar-refractivity contribution in [2.24, 2.45) is 0 Å². The first-order valence-electron chi connectivity index (χ1n) is 1.11. The standard InChI is InChI=1S/C3H8Te/c1-4(2)3/h1H2,2-3H3. The minimum absolute atomic E-state index is 0.607. The minimum atomic E-state index is -0.607. The third kappa shape index (κ3) is 16.8. The summed E-state index contributed by atoms with van der Waals surface area (Å²) in [5.74, 6) is 0. The molecule has 0 heterocycles. The summed E-state index contributed by atoms with van der Waals surface area (Å²) in [6.07, 6.45) is 0. The van der Waals surface area contributed by atoms with Crippen LogP contribution in [0.1, 0.15) is 0 Å². The summed E-state index contributed by atoms with van der Waals surface area (Å²) in [5, 5.41) is 0. The molecule has 0 aromatic rings. The van der Waals surface area contributed by atoms with Gasteiger partial charge in [-0.1, -0.05) is 0 Å². The second-order valence-corrected chi connectivity index (χ2v) is 6.61. The predicted molar refractivity (Wildman–Crippen MR) is 24.6 cm³/mol. The fourth-order valence-corrected chi connectivity index (χ4v) is 0. The Balaban J connectivity index is 2.80. The maximum absolute atomic E-state index is 3.81. The molecule has 0 radical (unpaired) electrons. The Labute approximate surface area is 34.0 Å². The van der Waals surface area contributed by atoms with E-state index in [1.165, 1.54) is 0 Å². The Morgan fingerprint density at radius 3 is 1.50 bits per heavy atom. The van der Waals surface area contributed by atoms with Gasteiger partial charge in [0.1, 0.15) is 0 Å². The Bertz CT molecular complexity index is 26.3. The van der Waals surface area contributed by atoms with Crippen molar-refractivity contribution >= 4 is 23.6 Å². The molecule has 0 N–H and O–H groups in total. The van der Waals surface area contributed by atoms with Crippen molar-refractivity contribution in [2.45, 2.75) is 9.94 Å². The number of rotatable bonds is 0. The van der Waals surface area contributed by atoms with E-state index in [0.717, 1.165) is 0 Å². The van der Waals surface area contributed by atoms with Crippen LogP contribution in [0.3, 0.4) is 0 Å². The molecule has 0 aliphatic rings. The van der Waals surface area contributed by atoms with Gasteiger partial charge >= 0.3 is 33.6 Å². The van der Waals surface area contributed by atoms with Crippen molar-refractivity contribution in [2.75, 3.05) is 0 Å². The van der Waals surface area contributed by atoms with Gasteiger partial charge in [0.15, 0.2) is 0 Å². The Morgan fingerprint density at radius 2 is 1.50 bits per heavy atom. The van der Waals surface area contributed by atoms with Gasteiger partial charge in [-0.05, 0) is 0 Å². The molecule has 0 aromatic heterocycles. The van der Waals surface area contributed by atoms with Crippen molar-refractivity contribution in [1.82, 2.24) is 0 Å². The van der Waals surface area contributed by atoms with Crippen LogP contribution in [0.5, 0.6) is 0 Å². The van der Waals surface area contributed by atoms with Crippen molar-refractivity contribution in [3.63, 3.8) is 0 Å². The first-order valence-corrected chi connectivity index (χ1v) is 7.41. The molecule has 0 unspecified atom stereocenters. The van der Waals surface area contributed by atoms with Crippen molar-refractivity contribution in [3.8, 4) is 0 Å². The van der Waals surface area contributed by atoms with Gasteiger partial charge in [-0.15, -0.1) is 0 Å². The third-order valence-corrected chi connectivity index (χ3v) is 0. The molecule has 0 saturated carbocycles. The molecule has 0 nitrogen and oxygen atoms in total. The van der Waals surface area contributed by atoms with E-state index < -0.39 is 19.1 Å². The summed E-state index contributed by atoms with van der Waals surface area (Å²) >= 11 is -0.607. The van der Waals surface area contributed by atoms with E-state index in [1.807, 2.05) is 0 Å². The molecule has 0 atom stereocenters. The van der Waals surface area contributed by atoms with Crippen LogP contribution in [0, 0.1) is 0 Å². The molecule has 0 fully saturated rings. The van der Waals surface area contributed by atoms with Gasteiger partial charge in [-0.3, -0.25) is 0 Å². The molecule has 0 bridgehead atoms. The second kappa shape index (κ2) is 1.93. The summed E-state index contributed by atoms with van der Waals surface area (Å²) in [6.45, 7) is 0. The normalized spacial score (nSPS) is 8.75. The third-order valence-electron chi connectivity index (χ3n) is 0. The van der Waals surface area contributed by atoms with Gasteiger partial charge in [-0.25, -0.2) is 0 Å². The summed E-state index contributed by atoms with van der Waals surface area (Å²) in [4.78, 5) is 4.45. The second-order valence-electron chi connectivity index (χ2n) is 0.986. The quantitative estimate of drug-likeness (QED) is 0.472. The number of hydrogen-bond acceptors (Lipinski definition) is 0. The molecule has 1 heteroatoms. The van der Waals surface area contributed by atoms with E-state index >= 15 is 0 Å². The van der Waals surface area contributed by atoms with E-state index in [4.69, 9.17) is 0 Å². The molecular weight excluding hydrogens is 164 g/mol. The van der Waals surface area contributed by atoms with Gasteiger partial charge in [0.05, 0.1) is 0 Å². The number of hydrogen-bond donors (Lipinski definition) is 0. The van der Waals surface area contributed by atoms with Crippen molar-refractivity contribution in [3.05, 3.63) is 0 Å². The fraction of sp³-hybridized carbons (Fsp3) is 0.667. The Morgan fingerprint density at radius 1 is 1.50 bits per heavy atom. The first-order chi connectivity index (χ1) is 1.73. The Hall–Kier alpha value is 0.660. The van der Waals surface area contributed by atoms with Gasteiger partial charge in [0, 0.05) is 0 Å². The van der Waals surface area contributed by atoms with Crippen LogP contribution in [0.25, 0.3) is 0 Å². The van der Waals surface area contributed by atoms with Crippen LogP contribution in [0.2, 0.25) is 9.94 Å². The molecule has 26 valence electrons. The van der Waals surface area contributed by atoms with Gasteiger partial charge in [0.25, 0.3) is 0 Å². The zero-order valence-electron chi connectivity index (χ0n) is 3.12. The van der Waals surface area contributed by atoms with Crippen LogP contribution in [-0.4, -0.2) is 23.6 Å². The predicted octanol–water partition coefficient (Wildman–Crippen LogP) is 0.754. The van der Waals surface area contributed by atoms with Crippen molar-refractivity contribution < 1.29 is 0 Å². The van der Waals surface area contributed by atoms with E-state index in [9.17, 15) is 0 Å². The first kappa shape index (κ1) is 4.66. The summed E-state index contributed by atoms with van der Waals surface area (Å²) in [6, 6.07) is 0. The van der Waals surface area contributed by atoms with Crippen LogP contribution >= 0.6 is 0 Å². The van der Waals surface area contributed by atoms with E-state index in [2.05, 4.69) is 14.5 Å². The molecular formula is C3H8Te. The molecule has 0 aromatic carbocycles. The van der Waals surface area contributed by atoms with Crippen LogP contribution in [0.4, 0.5) is 0 Å². The molecule has 0 aliphatic carbocycles. The van der Waals surface area contributed by atoms with Crippen LogP contribution in [-0.2, 0) is 0 Å². The maximum atomic E-state index is 3.81. The zero-order valence-corrected chi connectivity index (χ0v) is 5.45. The summed E-state index contributed by atoms with van der Waals surface area (Å²) in [7, 11) is 0. The molecule has 4 heavy (non-hydrogen) atoms. The summed E-state index contributed by atoms with van der Waals surface area (Å²) < 4.78 is 3.81. The van der Waals surface area contributed by atoms with E-state index in [-0.39, 0.29) is 0 Å². The van der Waals surface area contributed by atoms with Crippen LogP contribution in [0.15, 0.2) is 0 Å². The van der Waals surface area contributed by atoms with Crippen LogP contribution < -0.4 is 0 Å². The monoisotopic (exact) mass is 174 g/mol.